The van der Waals surface area contributed by atoms with Gasteiger partial charge in [0.15, 0.2) is 0 Å². The molecule has 1 aliphatic carbocycles. The lowest BCUT2D eigenvalue weighted by Gasteiger charge is -2.41. The fourth-order valence-electron chi connectivity index (χ4n) is 10.6. The Morgan fingerprint density at radius 1 is 0.773 bits per heavy atom. The number of rotatable bonds is 27. The van der Waals surface area contributed by atoms with Crippen molar-refractivity contribution >= 4 is 47.2 Å². The summed E-state index contributed by atoms with van der Waals surface area (Å²) in [7, 11) is 6.21. The largest absolute Gasteiger partial charge is 0.445 e. The second-order valence-electron chi connectivity index (χ2n) is 21.9. The molecule has 0 radical (unpaired) electrons. The van der Waals surface area contributed by atoms with Gasteiger partial charge in [-0.2, -0.15) is 0 Å². The highest BCUT2D eigenvalue weighted by Gasteiger charge is 2.69. The number of likely N-dealkylation sites (tertiary alicyclic amines) is 1. The number of aliphatic hydroxyl groups excluding tert-OH is 1. The third-order valence-corrected chi connectivity index (χ3v) is 15.5. The Hall–Kier alpha value is -5.63. The monoisotopic (exact) mass is 1050 g/mol. The minimum atomic E-state index is -1.02. The van der Waals surface area contributed by atoms with Gasteiger partial charge in [0.2, 0.25) is 35.4 Å². The van der Waals surface area contributed by atoms with Crippen molar-refractivity contribution in [3.8, 4) is 0 Å². The zero-order valence-corrected chi connectivity index (χ0v) is 47.0. The molecule has 7 amide bonds. The summed E-state index contributed by atoms with van der Waals surface area (Å²) in [4.78, 5) is 101. The molecule has 1 aliphatic heterocycles. The summed E-state index contributed by atoms with van der Waals surface area (Å²) in [5.74, 6) is -3.76. The van der Waals surface area contributed by atoms with E-state index in [1.807, 2.05) is 64.6 Å². The Morgan fingerprint density at radius 3 is 1.93 bits per heavy atom. The molecule has 1 saturated heterocycles. The van der Waals surface area contributed by atoms with E-state index in [-0.39, 0.29) is 60.3 Å². The zero-order chi connectivity index (χ0) is 56.2. The number of carbonyl (C=O) groups is 7. The van der Waals surface area contributed by atoms with Gasteiger partial charge in [0.25, 0.3) is 0 Å². The quantitative estimate of drug-likeness (QED) is 0.0692. The number of amides is 7. The van der Waals surface area contributed by atoms with Crippen LogP contribution in [-0.4, -0.2) is 150 Å². The minimum Gasteiger partial charge on any atom is -0.445 e. The first-order valence-corrected chi connectivity index (χ1v) is 26.6. The van der Waals surface area contributed by atoms with E-state index in [0.29, 0.717) is 36.2 Å². The van der Waals surface area contributed by atoms with Gasteiger partial charge in [-0.15, -0.1) is 0 Å². The van der Waals surface area contributed by atoms with Gasteiger partial charge in [0.1, 0.15) is 24.7 Å². The van der Waals surface area contributed by atoms with Gasteiger partial charge in [-0.25, -0.2) is 4.79 Å². The number of aliphatic hydroxyl groups is 1. The summed E-state index contributed by atoms with van der Waals surface area (Å²) < 4.78 is 17.8. The molecule has 2 aromatic rings. The maximum Gasteiger partial charge on any atom is 0.410 e. The summed E-state index contributed by atoms with van der Waals surface area (Å²) in [6.45, 7) is 20.3. The van der Waals surface area contributed by atoms with E-state index in [1.165, 1.54) is 19.1 Å². The molecule has 418 valence electrons. The molecule has 2 aliphatic rings. The SMILES string of the molecule is CC[C@H](C)[C@@H]([C@@H](CC(=O)N1CCC2CC21[C@H](OC)[C@@H](C)C(=O)N[C@H](C)[C@@H](O)c1ccccc1)OC)N(C)C(=O)[C@@H](NC(=O)[C@H](C(C)C)N(C)C(=O)OCc1ccc(NC(=O)[C@H](C)NC(=O)[C@@H](N)C(C)C)cc1)C(C)C. The molecule has 19 nitrogen and oxygen atoms in total. The number of nitrogens with one attached hydrogen (secondary N) is 4. The average molecular weight is 1050 g/mol. The number of anilines is 1. The molecule has 75 heavy (non-hydrogen) atoms. The molecular formula is C56H88N8O11. The summed E-state index contributed by atoms with van der Waals surface area (Å²) in [5.41, 5.74) is 6.96. The maximum atomic E-state index is 14.7. The maximum absolute atomic E-state index is 14.7. The van der Waals surface area contributed by atoms with Gasteiger partial charge in [-0.3, -0.25) is 33.7 Å². The molecule has 4 rings (SSSR count). The Morgan fingerprint density at radius 2 is 1.40 bits per heavy atom. The van der Waals surface area contributed by atoms with Crippen LogP contribution in [0.2, 0.25) is 0 Å². The van der Waals surface area contributed by atoms with E-state index < -0.39 is 89.8 Å². The number of nitrogens with two attached hydrogens (primary N) is 1. The number of nitrogens with zero attached hydrogens (tertiary/aromatic N) is 3. The van der Waals surface area contributed by atoms with Crippen LogP contribution >= 0.6 is 0 Å². The topological polar surface area (TPSA) is 251 Å². The first-order chi connectivity index (χ1) is 35.3. The zero-order valence-electron chi connectivity index (χ0n) is 47.0. The fraction of sp³-hybridized carbons (Fsp3) is 0.661. The van der Waals surface area contributed by atoms with E-state index in [1.54, 1.807) is 90.1 Å². The molecule has 19 heteroatoms. The number of carbonyl (C=O) groups excluding carboxylic acids is 7. The van der Waals surface area contributed by atoms with E-state index in [2.05, 4.69) is 21.3 Å². The second-order valence-corrected chi connectivity index (χ2v) is 21.9. The Balaban J connectivity index is 1.41. The summed E-state index contributed by atoms with van der Waals surface area (Å²) in [6, 6.07) is 11.0. The normalized spacial score (nSPS) is 20.5. The van der Waals surface area contributed by atoms with Gasteiger partial charge < -0.3 is 56.1 Å². The van der Waals surface area contributed by atoms with Gasteiger partial charge in [0.05, 0.1) is 54.3 Å². The van der Waals surface area contributed by atoms with Crippen LogP contribution in [0.25, 0.3) is 0 Å². The fourth-order valence-corrected chi connectivity index (χ4v) is 10.6. The molecule has 0 aromatic heterocycles. The van der Waals surface area contributed by atoms with Crippen molar-refractivity contribution in [1.82, 2.24) is 30.7 Å². The van der Waals surface area contributed by atoms with Crippen molar-refractivity contribution < 1.29 is 52.9 Å². The van der Waals surface area contributed by atoms with Crippen molar-refractivity contribution in [1.29, 1.82) is 0 Å². The molecular weight excluding hydrogens is 961 g/mol. The predicted octanol–water partition coefficient (Wildman–Crippen LogP) is 5.01. The Labute approximate surface area is 445 Å². The number of likely N-dealkylation sites (N-methyl/N-ethyl adjacent to an activating group) is 2. The Bertz CT molecular complexity index is 2250. The highest BCUT2D eigenvalue weighted by Crippen LogP contribution is 2.60. The van der Waals surface area contributed by atoms with Crippen molar-refractivity contribution in [2.24, 2.45) is 41.2 Å². The van der Waals surface area contributed by atoms with Crippen LogP contribution in [0.15, 0.2) is 54.6 Å². The van der Waals surface area contributed by atoms with Crippen LogP contribution < -0.4 is 27.0 Å². The lowest BCUT2D eigenvalue weighted by Crippen LogP contribution is -2.60. The molecule has 0 bridgehead atoms. The van der Waals surface area contributed by atoms with Crippen molar-refractivity contribution in [2.45, 2.75) is 169 Å². The van der Waals surface area contributed by atoms with Gasteiger partial charge in [-0.1, -0.05) is 111 Å². The summed E-state index contributed by atoms with van der Waals surface area (Å²) >= 11 is 0. The highest BCUT2D eigenvalue weighted by molar-refractivity contribution is 5.97. The molecule has 1 heterocycles. The summed E-state index contributed by atoms with van der Waals surface area (Å²) in [6.07, 6.45) is -1.01. The van der Waals surface area contributed by atoms with E-state index >= 15 is 0 Å². The minimum absolute atomic E-state index is 0.0502. The van der Waals surface area contributed by atoms with Gasteiger partial charge >= 0.3 is 6.09 Å². The first-order valence-electron chi connectivity index (χ1n) is 26.6. The number of hydrogen-bond donors (Lipinski definition) is 6. The molecule has 13 atom stereocenters. The van der Waals surface area contributed by atoms with Gasteiger partial charge in [0, 0.05) is 40.5 Å². The third kappa shape index (κ3) is 15.1. The standard InChI is InChI=1S/C56H88N8O11/c1-16-34(8)47(42(73-14)28-43(65)64-27-26-40-29-56(40,64)49(74-15)35(9)50(67)58-36(10)48(66)39-20-18-17-19-21-39)62(12)54(71)45(32(4)5)61-53(70)46(33(6)7)63(13)55(72)75-30-38-22-24-41(25-23-38)60-51(68)37(11)59-52(69)44(57)31(2)3/h17-25,31-37,40,42,44-49,66H,16,26-30,57H2,1-15H3,(H,58,67)(H,59,69)(H,60,68)(H,61,70)/t34-,35+,36+,37-,40?,42+,44-,45-,46-,47-,48+,49+,56?/m0/s1. The van der Waals surface area contributed by atoms with E-state index in [9.17, 15) is 38.7 Å². The molecule has 7 N–H and O–H groups in total. The van der Waals surface area contributed by atoms with Crippen LogP contribution in [0.4, 0.5) is 10.5 Å². The third-order valence-electron chi connectivity index (χ3n) is 15.5. The van der Waals surface area contributed by atoms with Crippen LogP contribution in [-0.2, 0) is 49.6 Å². The lowest BCUT2D eigenvalue weighted by molar-refractivity contribution is -0.149. The second kappa shape index (κ2) is 27.4. The van der Waals surface area contributed by atoms with Crippen molar-refractivity contribution in [3.05, 3.63) is 65.7 Å². The lowest BCUT2D eigenvalue weighted by atomic mass is 9.89. The molecule has 2 unspecified atom stereocenters. The molecule has 2 aromatic carbocycles. The number of benzene rings is 2. The van der Waals surface area contributed by atoms with Crippen molar-refractivity contribution in [3.63, 3.8) is 0 Å². The van der Waals surface area contributed by atoms with Crippen LogP contribution in [0, 0.1) is 35.5 Å². The molecule has 2 fully saturated rings. The number of fused-ring (bicyclic) bond motifs is 1. The van der Waals surface area contributed by atoms with Crippen LogP contribution in [0.1, 0.15) is 119 Å². The summed E-state index contributed by atoms with van der Waals surface area (Å²) in [5, 5.41) is 22.3. The number of hydrogen-bond acceptors (Lipinski definition) is 12. The van der Waals surface area contributed by atoms with E-state index in [0.717, 1.165) is 6.42 Å². The van der Waals surface area contributed by atoms with Crippen LogP contribution in [0.3, 0.4) is 0 Å². The highest BCUT2D eigenvalue weighted by atomic mass is 16.6. The molecule has 1 saturated carbocycles. The average Bonchev–Trinajstić information content (AvgIpc) is 3.97. The number of piperidine rings is 1. The van der Waals surface area contributed by atoms with E-state index in [4.69, 9.17) is 19.9 Å². The van der Waals surface area contributed by atoms with Gasteiger partial charge in [-0.05, 0) is 79.5 Å². The first kappa shape index (κ1) is 61.9. The number of methoxy groups -OCH3 is 2. The molecule has 0 spiro atoms. The Kier molecular flexibility index (Phi) is 22.6. The van der Waals surface area contributed by atoms with Crippen LogP contribution in [0.5, 0.6) is 0 Å². The predicted molar refractivity (Wildman–Crippen MR) is 286 cm³/mol. The number of ether oxygens (including phenoxy) is 3. The smallest absolute Gasteiger partial charge is 0.410 e. The van der Waals surface area contributed by atoms with Crippen molar-refractivity contribution in [2.75, 3.05) is 40.2 Å².